The summed E-state index contributed by atoms with van der Waals surface area (Å²) in [6.07, 6.45) is 0. The second-order valence-corrected chi connectivity index (χ2v) is 7.35. The molecule has 5 nitrogen and oxygen atoms in total. The molecule has 1 amide bonds. The lowest BCUT2D eigenvalue weighted by atomic mass is 9.92. The van der Waals surface area contributed by atoms with Crippen molar-refractivity contribution in [3.63, 3.8) is 0 Å². The zero-order valence-corrected chi connectivity index (χ0v) is 18.6. The quantitative estimate of drug-likeness (QED) is 0.724. The zero-order valence-electron chi connectivity index (χ0n) is 17.0. The van der Waals surface area contributed by atoms with Crippen molar-refractivity contribution in [2.75, 3.05) is 32.8 Å². The Morgan fingerprint density at radius 1 is 1.10 bits per heavy atom. The van der Waals surface area contributed by atoms with Gasteiger partial charge in [0.1, 0.15) is 5.54 Å². The van der Waals surface area contributed by atoms with Crippen molar-refractivity contribution < 1.29 is 9.53 Å². The van der Waals surface area contributed by atoms with E-state index in [0.29, 0.717) is 6.54 Å². The predicted molar refractivity (Wildman–Crippen MR) is 122 cm³/mol. The van der Waals surface area contributed by atoms with Crippen LogP contribution in [0.25, 0.3) is 0 Å². The summed E-state index contributed by atoms with van der Waals surface area (Å²) in [7, 11) is 0. The van der Waals surface area contributed by atoms with E-state index >= 15 is 0 Å². The van der Waals surface area contributed by atoms with E-state index in [2.05, 4.69) is 41.4 Å². The molecule has 1 heterocycles. The van der Waals surface area contributed by atoms with Crippen molar-refractivity contribution in [2.24, 2.45) is 5.73 Å². The summed E-state index contributed by atoms with van der Waals surface area (Å²) in [4.78, 5) is 15.2. The maximum atomic E-state index is 12.9. The largest absolute Gasteiger partial charge is 0.379 e. The van der Waals surface area contributed by atoms with Gasteiger partial charge in [-0.05, 0) is 25.0 Å². The first-order valence-corrected chi connectivity index (χ1v) is 9.49. The van der Waals surface area contributed by atoms with Crippen LogP contribution in [0.3, 0.4) is 0 Å². The van der Waals surface area contributed by atoms with Gasteiger partial charge in [0, 0.05) is 19.6 Å². The SMILES string of the molecule is Cc1ccc(C(CNC(=O)C(C)(N)c2ccccc2)N2CCOCC2)cc1.Cl.Cl. The average Bonchev–Trinajstić information content (AvgIpc) is 2.70. The number of amides is 1. The number of benzene rings is 2. The van der Waals surface area contributed by atoms with E-state index in [0.717, 1.165) is 31.9 Å². The van der Waals surface area contributed by atoms with Crippen LogP contribution < -0.4 is 11.1 Å². The van der Waals surface area contributed by atoms with Gasteiger partial charge in [0.2, 0.25) is 5.91 Å². The highest BCUT2D eigenvalue weighted by Crippen LogP contribution is 2.23. The highest BCUT2D eigenvalue weighted by Gasteiger charge is 2.31. The first-order valence-electron chi connectivity index (χ1n) is 9.49. The Balaban J connectivity index is 0.00000210. The van der Waals surface area contributed by atoms with Crippen LogP contribution in [0.2, 0.25) is 0 Å². The molecule has 0 bridgehead atoms. The van der Waals surface area contributed by atoms with Crippen LogP contribution >= 0.6 is 24.8 Å². The van der Waals surface area contributed by atoms with E-state index < -0.39 is 5.54 Å². The fourth-order valence-corrected chi connectivity index (χ4v) is 3.42. The summed E-state index contributed by atoms with van der Waals surface area (Å²) in [5, 5.41) is 3.09. The maximum absolute atomic E-state index is 12.9. The number of halogens is 2. The molecule has 0 radical (unpaired) electrons. The Bertz CT molecular complexity index is 748. The molecule has 29 heavy (non-hydrogen) atoms. The minimum Gasteiger partial charge on any atom is -0.379 e. The lowest BCUT2D eigenvalue weighted by molar-refractivity contribution is -0.126. The third-order valence-electron chi connectivity index (χ3n) is 5.25. The highest BCUT2D eigenvalue weighted by atomic mass is 35.5. The Hall–Kier alpha value is -1.63. The number of carbonyl (C=O) groups is 1. The van der Waals surface area contributed by atoms with Gasteiger partial charge in [-0.25, -0.2) is 0 Å². The molecule has 2 aromatic rings. The third-order valence-corrected chi connectivity index (χ3v) is 5.25. The maximum Gasteiger partial charge on any atom is 0.244 e. The monoisotopic (exact) mass is 439 g/mol. The first kappa shape index (κ1) is 25.4. The molecule has 1 fully saturated rings. The molecule has 0 aliphatic carbocycles. The summed E-state index contributed by atoms with van der Waals surface area (Å²) < 4.78 is 5.49. The van der Waals surface area contributed by atoms with Crippen LogP contribution in [0.5, 0.6) is 0 Å². The topological polar surface area (TPSA) is 67.6 Å². The van der Waals surface area contributed by atoms with Gasteiger partial charge in [0.15, 0.2) is 0 Å². The van der Waals surface area contributed by atoms with Crippen molar-refractivity contribution in [1.82, 2.24) is 10.2 Å². The molecular formula is C22H31Cl2N3O2. The van der Waals surface area contributed by atoms with Gasteiger partial charge in [-0.3, -0.25) is 9.69 Å². The second-order valence-electron chi connectivity index (χ2n) is 7.35. The molecule has 0 saturated carbocycles. The number of hydrogen-bond donors (Lipinski definition) is 2. The predicted octanol–water partition coefficient (Wildman–Crippen LogP) is 3.20. The molecular weight excluding hydrogens is 409 g/mol. The van der Waals surface area contributed by atoms with E-state index in [1.807, 2.05) is 30.3 Å². The summed E-state index contributed by atoms with van der Waals surface area (Å²) in [6, 6.07) is 18.1. The normalized spacial score (nSPS) is 17.2. The molecule has 7 heteroatoms. The standard InChI is InChI=1S/C22H29N3O2.2ClH/c1-17-8-10-18(11-9-17)20(25-12-14-27-15-13-25)16-24-21(26)22(2,23)19-6-4-3-5-7-19;;/h3-11,20H,12-16,23H2,1-2H3,(H,24,26);2*1H. The smallest absolute Gasteiger partial charge is 0.244 e. The van der Waals surface area contributed by atoms with E-state index in [-0.39, 0.29) is 36.8 Å². The first-order chi connectivity index (χ1) is 13.0. The fourth-order valence-electron chi connectivity index (χ4n) is 3.42. The van der Waals surface area contributed by atoms with E-state index in [1.54, 1.807) is 6.92 Å². The van der Waals surface area contributed by atoms with Gasteiger partial charge in [0.05, 0.1) is 19.3 Å². The van der Waals surface area contributed by atoms with Gasteiger partial charge in [0.25, 0.3) is 0 Å². The molecule has 0 aromatic heterocycles. The van der Waals surface area contributed by atoms with E-state index in [4.69, 9.17) is 10.5 Å². The van der Waals surface area contributed by atoms with Gasteiger partial charge in [-0.2, -0.15) is 0 Å². The van der Waals surface area contributed by atoms with Gasteiger partial charge >= 0.3 is 0 Å². The van der Waals surface area contributed by atoms with E-state index in [9.17, 15) is 4.79 Å². The molecule has 0 spiro atoms. The number of carbonyl (C=O) groups excluding carboxylic acids is 1. The van der Waals surface area contributed by atoms with Crippen molar-refractivity contribution in [3.05, 3.63) is 71.3 Å². The summed E-state index contributed by atoms with van der Waals surface area (Å²) in [5.74, 6) is -0.168. The minimum atomic E-state index is -1.07. The Kier molecular flexibility index (Phi) is 10.1. The molecule has 3 rings (SSSR count). The van der Waals surface area contributed by atoms with Crippen LogP contribution in [-0.2, 0) is 15.1 Å². The lowest BCUT2D eigenvalue weighted by Gasteiger charge is -2.35. The summed E-state index contributed by atoms with van der Waals surface area (Å²) in [5.41, 5.74) is 8.52. The number of rotatable bonds is 6. The van der Waals surface area contributed by atoms with Gasteiger partial charge in [-0.15, -0.1) is 24.8 Å². The molecule has 1 saturated heterocycles. The van der Waals surface area contributed by atoms with Gasteiger partial charge in [-0.1, -0.05) is 60.2 Å². The van der Waals surface area contributed by atoms with Crippen LogP contribution in [-0.4, -0.2) is 43.7 Å². The Morgan fingerprint density at radius 2 is 1.69 bits per heavy atom. The molecule has 2 atom stereocenters. The number of aryl methyl sites for hydroxylation is 1. The van der Waals surface area contributed by atoms with Gasteiger partial charge < -0.3 is 15.8 Å². The number of nitrogens with one attached hydrogen (secondary N) is 1. The van der Waals surface area contributed by atoms with Crippen LogP contribution in [0, 0.1) is 6.92 Å². The number of hydrogen-bond acceptors (Lipinski definition) is 4. The molecule has 1 aliphatic heterocycles. The number of nitrogens with zero attached hydrogens (tertiary/aromatic N) is 1. The Morgan fingerprint density at radius 3 is 2.28 bits per heavy atom. The van der Waals surface area contributed by atoms with Crippen molar-refractivity contribution in [3.8, 4) is 0 Å². The van der Waals surface area contributed by atoms with Crippen molar-refractivity contribution >= 4 is 30.7 Å². The fraction of sp³-hybridized carbons (Fsp3) is 0.409. The molecule has 160 valence electrons. The van der Waals surface area contributed by atoms with Crippen LogP contribution in [0.15, 0.2) is 54.6 Å². The summed E-state index contributed by atoms with van der Waals surface area (Å²) in [6.45, 7) is 7.49. The van der Waals surface area contributed by atoms with Crippen molar-refractivity contribution in [1.29, 1.82) is 0 Å². The number of morpholine rings is 1. The molecule has 1 aliphatic rings. The average molecular weight is 440 g/mol. The minimum absolute atomic E-state index is 0. The Labute approximate surface area is 185 Å². The zero-order chi connectivity index (χ0) is 19.3. The summed E-state index contributed by atoms with van der Waals surface area (Å²) >= 11 is 0. The molecule has 3 N–H and O–H groups in total. The van der Waals surface area contributed by atoms with Crippen LogP contribution in [0.1, 0.15) is 29.7 Å². The van der Waals surface area contributed by atoms with E-state index in [1.165, 1.54) is 11.1 Å². The third kappa shape index (κ3) is 6.43. The highest BCUT2D eigenvalue weighted by molar-refractivity contribution is 5.87. The number of nitrogens with two attached hydrogens (primary N) is 1. The van der Waals surface area contributed by atoms with Crippen molar-refractivity contribution in [2.45, 2.75) is 25.4 Å². The lowest BCUT2D eigenvalue weighted by Crippen LogP contribution is -2.51. The molecule has 2 unspecified atom stereocenters. The second kappa shape index (κ2) is 11.5. The molecule has 2 aromatic carbocycles. The van der Waals surface area contributed by atoms with Crippen LogP contribution in [0.4, 0.5) is 0 Å². The number of ether oxygens (including phenoxy) is 1.